The van der Waals surface area contributed by atoms with Crippen LogP contribution in [0.5, 0.6) is 0 Å². The van der Waals surface area contributed by atoms with Crippen molar-refractivity contribution in [3.8, 4) is 0 Å². The Hall–Kier alpha value is -0.300. The zero-order chi connectivity index (χ0) is 13.1. The molecule has 0 saturated heterocycles. The van der Waals surface area contributed by atoms with Gasteiger partial charge in [0.1, 0.15) is 0 Å². The van der Waals surface area contributed by atoms with Crippen LogP contribution in [0, 0.1) is 0 Å². The SMILES string of the molecule is O=C(NCc1sccc1Br)c1cc(S)ccc1Br. The molecule has 1 N–H and O–H groups in total. The fourth-order valence-electron chi connectivity index (χ4n) is 1.39. The first-order valence-corrected chi connectivity index (χ1v) is 7.98. The van der Waals surface area contributed by atoms with Gasteiger partial charge in [0.25, 0.3) is 5.91 Å². The van der Waals surface area contributed by atoms with Gasteiger partial charge < -0.3 is 5.32 Å². The van der Waals surface area contributed by atoms with E-state index >= 15 is 0 Å². The molecule has 0 aliphatic rings. The summed E-state index contributed by atoms with van der Waals surface area (Å²) in [6.45, 7) is 0.514. The number of thiophene rings is 1. The minimum Gasteiger partial charge on any atom is -0.347 e. The number of hydrogen-bond acceptors (Lipinski definition) is 3. The van der Waals surface area contributed by atoms with Crippen LogP contribution in [0.2, 0.25) is 0 Å². The van der Waals surface area contributed by atoms with E-state index < -0.39 is 0 Å². The summed E-state index contributed by atoms with van der Waals surface area (Å²) in [5.74, 6) is -0.113. The number of nitrogens with one attached hydrogen (secondary N) is 1. The Morgan fingerprint density at radius 1 is 1.28 bits per heavy atom. The van der Waals surface area contributed by atoms with E-state index in [-0.39, 0.29) is 5.91 Å². The van der Waals surface area contributed by atoms with Crippen LogP contribution in [0.1, 0.15) is 15.2 Å². The van der Waals surface area contributed by atoms with Gasteiger partial charge in [-0.25, -0.2) is 0 Å². The standard InChI is InChI=1S/C12H9Br2NOS2/c13-9-2-1-7(17)5-8(9)12(16)15-6-11-10(14)3-4-18-11/h1-5,17H,6H2,(H,15,16). The number of carbonyl (C=O) groups is 1. The molecule has 2 nitrogen and oxygen atoms in total. The Labute approximate surface area is 131 Å². The first-order valence-electron chi connectivity index (χ1n) is 5.06. The van der Waals surface area contributed by atoms with Gasteiger partial charge in [-0.2, -0.15) is 0 Å². The van der Waals surface area contributed by atoms with Crippen LogP contribution in [-0.4, -0.2) is 5.91 Å². The van der Waals surface area contributed by atoms with E-state index in [1.54, 1.807) is 17.4 Å². The topological polar surface area (TPSA) is 29.1 Å². The maximum Gasteiger partial charge on any atom is 0.252 e. The number of rotatable bonds is 3. The summed E-state index contributed by atoms with van der Waals surface area (Å²) in [5, 5.41) is 4.87. The van der Waals surface area contributed by atoms with Gasteiger partial charge in [0.05, 0.1) is 12.1 Å². The minimum atomic E-state index is -0.113. The fourth-order valence-corrected chi connectivity index (χ4v) is 3.46. The van der Waals surface area contributed by atoms with Crippen LogP contribution in [0.25, 0.3) is 0 Å². The summed E-state index contributed by atoms with van der Waals surface area (Å²) in [6.07, 6.45) is 0. The fraction of sp³-hybridized carbons (Fsp3) is 0.0833. The number of halogens is 2. The molecule has 18 heavy (non-hydrogen) atoms. The van der Waals surface area contributed by atoms with Gasteiger partial charge in [-0.05, 0) is 61.5 Å². The average molecular weight is 407 g/mol. The molecule has 6 heteroatoms. The van der Waals surface area contributed by atoms with Crippen molar-refractivity contribution < 1.29 is 4.79 Å². The van der Waals surface area contributed by atoms with E-state index in [4.69, 9.17) is 0 Å². The second kappa shape index (κ2) is 6.23. The molecule has 2 aromatic rings. The highest BCUT2D eigenvalue weighted by Crippen LogP contribution is 2.23. The molecule has 0 radical (unpaired) electrons. The maximum atomic E-state index is 12.0. The molecule has 94 valence electrons. The van der Waals surface area contributed by atoms with Crippen LogP contribution < -0.4 is 5.32 Å². The molecule has 0 saturated carbocycles. The van der Waals surface area contributed by atoms with Gasteiger partial charge in [0, 0.05) is 18.7 Å². The third-order valence-electron chi connectivity index (χ3n) is 2.30. The molecule has 2 rings (SSSR count). The molecule has 1 aromatic carbocycles. The quantitative estimate of drug-likeness (QED) is 0.722. The van der Waals surface area contributed by atoms with E-state index in [1.165, 1.54) is 0 Å². The highest BCUT2D eigenvalue weighted by Gasteiger charge is 2.11. The largest absolute Gasteiger partial charge is 0.347 e. The Kier molecular flexibility index (Phi) is 4.89. The summed E-state index contributed by atoms with van der Waals surface area (Å²) in [7, 11) is 0. The zero-order valence-electron chi connectivity index (χ0n) is 9.11. The van der Waals surface area contributed by atoms with E-state index in [9.17, 15) is 4.79 Å². The van der Waals surface area contributed by atoms with Crippen molar-refractivity contribution in [2.45, 2.75) is 11.4 Å². The first kappa shape index (κ1) is 14.1. The lowest BCUT2D eigenvalue weighted by Crippen LogP contribution is -2.22. The van der Waals surface area contributed by atoms with Crippen LogP contribution >= 0.6 is 55.8 Å². The van der Waals surface area contributed by atoms with Crippen molar-refractivity contribution in [2.75, 3.05) is 0 Å². The molecular formula is C12H9Br2NOS2. The summed E-state index contributed by atoms with van der Waals surface area (Å²) in [4.78, 5) is 13.9. The van der Waals surface area contributed by atoms with Crippen LogP contribution in [-0.2, 0) is 6.54 Å². The number of amides is 1. The number of carbonyl (C=O) groups excluding carboxylic acids is 1. The van der Waals surface area contributed by atoms with Crippen LogP contribution in [0.4, 0.5) is 0 Å². The minimum absolute atomic E-state index is 0.113. The van der Waals surface area contributed by atoms with Crippen molar-refractivity contribution in [1.29, 1.82) is 0 Å². The lowest BCUT2D eigenvalue weighted by molar-refractivity contribution is 0.0950. The molecule has 0 aliphatic carbocycles. The maximum absolute atomic E-state index is 12.0. The summed E-state index contributed by atoms with van der Waals surface area (Å²) < 4.78 is 1.79. The Morgan fingerprint density at radius 2 is 2.06 bits per heavy atom. The molecule has 0 spiro atoms. The first-order chi connectivity index (χ1) is 8.58. The highest BCUT2D eigenvalue weighted by atomic mass is 79.9. The van der Waals surface area contributed by atoms with E-state index in [0.717, 1.165) is 18.7 Å². The van der Waals surface area contributed by atoms with Gasteiger partial charge in [-0.15, -0.1) is 24.0 Å². The molecule has 0 aliphatic heterocycles. The Balaban J connectivity index is 2.08. The van der Waals surface area contributed by atoms with E-state index in [1.807, 2.05) is 23.6 Å². The lowest BCUT2D eigenvalue weighted by atomic mass is 10.2. The smallest absolute Gasteiger partial charge is 0.252 e. The Bertz CT molecular complexity index is 583. The predicted molar refractivity (Wildman–Crippen MR) is 84.6 cm³/mol. The normalized spacial score (nSPS) is 10.4. The predicted octanol–water partition coefficient (Wildman–Crippen LogP) is 4.49. The van der Waals surface area contributed by atoms with Crippen molar-refractivity contribution in [2.24, 2.45) is 0 Å². The Morgan fingerprint density at radius 3 is 2.72 bits per heavy atom. The summed E-state index contributed by atoms with van der Waals surface area (Å²) >= 11 is 12.6. The van der Waals surface area contributed by atoms with Crippen molar-refractivity contribution in [3.05, 3.63) is 49.0 Å². The van der Waals surface area contributed by atoms with Gasteiger partial charge in [0.15, 0.2) is 0 Å². The van der Waals surface area contributed by atoms with E-state index in [0.29, 0.717) is 12.1 Å². The molecule has 1 amide bonds. The molecule has 1 heterocycles. The average Bonchev–Trinajstić information content (AvgIpc) is 2.75. The second-order valence-corrected chi connectivity index (χ2v) is 6.76. The second-order valence-electron chi connectivity index (χ2n) is 3.54. The third kappa shape index (κ3) is 3.38. The molecule has 0 atom stereocenters. The molecule has 1 aromatic heterocycles. The van der Waals surface area contributed by atoms with Gasteiger partial charge >= 0.3 is 0 Å². The monoisotopic (exact) mass is 405 g/mol. The molecular weight excluding hydrogens is 398 g/mol. The van der Waals surface area contributed by atoms with Gasteiger partial charge in [0.2, 0.25) is 0 Å². The molecule has 0 fully saturated rings. The third-order valence-corrected chi connectivity index (χ3v) is 5.19. The summed E-state index contributed by atoms with van der Waals surface area (Å²) in [6, 6.07) is 7.36. The lowest BCUT2D eigenvalue weighted by Gasteiger charge is -2.07. The molecule has 0 bridgehead atoms. The zero-order valence-corrected chi connectivity index (χ0v) is 14.0. The van der Waals surface area contributed by atoms with Gasteiger partial charge in [-0.1, -0.05) is 0 Å². The van der Waals surface area contributed by atoms with Crippen LogP contribution in [0.15, 0.2) is 43.5 Å². The van der Waals surface area contributed by atoms with Crippen molar-refractivity contribution in [1.82, 2.24) is 5.32 Å². The highest BCUT2D eigenvalue weighted by molar-refractivity contribution is 9.10. The number of thiol groups is 1. The van der Waals surface area contributed by atoms with Crippen LogP contribution in [0.3, 0.4) is 0 Å². The van der Waals surface area contributed by atoms with Crippen molar-refractivity contribution >= 4 is 61.7 Å². The van der Waals surface area contributed by atoms with E-state index in [2.05, 4.69) is 49.8 Å². The number of hydrogen-bond donors (Lipinski definition) is 2. The van der Waals surface area contributed by atoms with Crippen molar-refractivity contribution in [3.63, 3.8) is 0 Å². The number of benzene rings is 1. The summed E-state index contributed by atoms with van der Waals surface area (Å²) in [5.41, 5.74) is 0.593. The molecule has 0 unspecified atom stereocenters. The van der Waals surface area contributed by atoms with Gasteiger partial charge in [-0.3, -0.25) is 4.79 Å².